The molecule has 2 aliphatic rings. The number of fused-ring (bicyclic) bond motifs is 1. The summed E-state index contributed by atoms with van der Waals surface area (Å²) in [7, 11) is 1.58. The quantitative estimate of drug-likeness (QED) is 0.356. The predicted molar refractivity (Wildman–Crippen MR) is 129 cm³/mol. The largest absolute Gasteiger partial charge is 0.507 e. The first kappa shape index (κ1) is 23.8. The van der Waals surface area contributed by atoms with E-state index in [1.165, 1.54) is 4.90 Å². The number of hydrogen-bond donors (Lipinski definition) is 2. The van der Waals surface area contributed by atoms with Crippen molar-refractivity contribution in [1.29, 1.82) is 0 Å². The Bertz CT molecular complexity index is 1120. The zero-order chi connectivity index (χ0) is 24.4. The van der Waals surface area contributed by atoms with Gasteiger partial charge in [0, 0.05) is 12.0 Å². The molecule has 2 aromatic rings. The number of methoxy groups -OCH3 is 1. The molecule has 2 aliphatic heterocycles. The number of carbonyl (C=O) groups excluding carboxylic acids is 2. The van der Waals surface area contributed by atoms with Crippen LogP contribution in [0, 0.1) is 0 Å². The summed E-state index contributed by atoms with van der Waals surface area (Å²) in [6, 6.07) is 12.0. The number of aliphatic hydroxyl groups is 1. The first-order valence-corrected chi connectivity index (χ1v) is 11.9. The van der Waals surface area contributed by atoms with Crippen molar-refractivity contribution < 1.29 is 29.1 Å². The first-order valence-electron chi connectivity index (χ1n) is 11.9. The first-order chi connectivity index (χ1) is 16.4. The number of quaternary nitrogens is 1. The molecule has 1 amide bonds. The molecule has 4 rings (SSSR count). The molecule has 0 unspecified atom stereocenters. The number of ether oxygens (including phenoxy) is 2. The molecule has 0 aliphatic carbocycles. The van der Waals surface area contributed by atoms with Gasteiger partial charge in [-0.3, -0.25) is 9.59 Å². The summed E-state index contributed by atoms with van der Waals surface area (Å²) in [6.07, 6.45) is 0.800. The van der Waals surface area contributed by atoms with E-state index in [9.17, 15) is 14.7 Å². The Balaban J connectivity index is 1.79. The molecule has 2 N–H and O–H groups in total. The van der Waals surface area contributed by atoms with Crippen LogP contribution in [0.15, 0.2) is 48.0 Å². The molecule has 1 saturated heterocycles. The summed E-state index contributed by atoms with van der Waals surface area (Å²) in [5.74, 6) is 0.00685. The van der Waals surface area contributed by atoms with Crippen LogP contribution in [0.5, 0.6) is 11.5 Å². The van der Waals surface area contributed by atoms with Gasteiger partial charge >= 0.3 is 0 Å². The van der Waals surface area contributed by atoms with E-state index in [4.69, 9.17) is 9.47 Å². The van der Waals surface area contributed by atoms with Crippen molar-refractivity contribution in [2.24, 2.45) is 0 Å². The van der Waals surface area contributed by atoms with Crippen LogP contribution in [0.1, 0.15) is 43.5 Å². The van der Waals surface area contributed by atoms with Gasteiger partial charge in [-0.05, 0) is 62.2 Å². The molecule has 0 saturated carbocycles. The van der Waals surface area contributed by atoms with E-state index < -0.39 is 17.7 Å². The minimum absolute atomic E-state index is 0.0670. The van der Waals surface area contributed by atoms with E-state index in [0.29, 0.717) is 24.4 Å². The average Bonchev–Trinajstić information content (AvgIpc) is 3.35. The highest BCUT2D eigenvalue weighted by Gasteiger charge is 2.46. The van der Waals surface area contributed by atoms with Crippen molar-refractivity contribution in [3.8, 4) is 11.5 Å². The third-order valence-corrected chi connectivity index (χ3v) is 6.83. The van der Waals surface area contributed by atoms with Gasteiger partial charge in [-0.25, -0.2) is 0 Å². The van der Waals surface area contributed by atoms with E-state index in [1.807, 2.05) is 43.3 Å². The molecule has 180 valence electrons. The molecule has 34 heavy (non-hydrogen) atoms. The standard InChI is InChI=1S/C27H32N2O5/c1-5-28(6-2)12-13-29-24(18-8-7-9-21(16-18)33-4)23(26(31)27(29)32)25(30)19-10-11-22-20(15-19)14-17(3)34-22/h7-11,15-17,24,30H,5-6,12-14H2,1-4H3/p+1/t17-,24+/m0/s1. The number of carbonyl (C=O) groups is 2. The number of aliphatic hydroxyl groups excluding tert-OH is 1. The summed E-state index contributed by atoms with van der Waals surface area (Å²) >= 11 is 0. The summed E-state index contributed by atoms with van der Waals surface area (Å²) in [4.78, 5) is 29.4. The van der Waals surface area contributed by atoms with Gasteiger partial charge in [-0.15, -0.1) is 0 Å². The average molecular weight is 466 g/mol. The summed E-state index contributed by atoms with van der Waals surface area (Å²) in [6.45, 7) is 9.19. The minimum Gasteiger partial charge on any atom is -0.507 e. The number of rotatable bonds is 8. The number of likely N-dealkylation sites (tertiary alicyclic amines) is 1. The van der Waals surface area contributed by atoms with Crippen molar-refractivity contribution in [2.75, 3.05) is 33.3 Å². The molecule has 1 fully saturated rings. The SMILES string of the molecule is CC[NH+](CC)CCN1C(=O)C(=O)C(=C(O)c2ccc3c(c2)C[C@H](C)O3)[C@H]1c1cccc(OC)c1. The Labute approximate surface area is 200 Å². The fraction of sp³-hybridized carbons (Fsp3) is 0.407. The lowest BCUT2D eigenvalue weighted by Crippen LogP contribution is -3.12. The second kappa shape index (κ2) is 9.89. The van der Waals surface area contributed by atoms with Crippen molar-refractivity contribution in [3.63, 3.8) is 0 Å². The molecular weight excluding hydrogens is 432 g/mol. The van der Waals surface area contributed by atoms with E-state index in [2.05, 4.69) is 13.8 Å². The maximum Gasteiger partial charge on any atom is 0.295 e. The molecule has 0 radical (unpaired) electrons. The number of nitrogens with zero attached hydrogens (tertiary/aromatic N) is 1. The minimum atomic E-state index is -0.687. The lowest BCUT2D eigenvalue weighted by atomic mass is 9.94. The van der Waals surface area contributed by atoms with Crippen molar-refractivity contribution >= 4 is 17.4 Å². The van der Waals surface area contributed by atoms with E-state index >= 15 is 0 Å². The number of nitrogens with one attached hydrogen (secondary N) is 1. The maximum atomic E-state index is 13.3. The fourth-order valence-corrected chi connectivity index (χ4v) is 4.88. The third kappa shape index (κ3) is 4.40. The van der Waals surface area contributed by atoms with Crippen LogP contribution in [0.4, 0.5) is 0 Å². The van der Waals surface area contributed by atoms with Crippen LogP contribution >= 0.6 is 0 Å². The maximum absolute atomic E-state index is 13.3. The lowest BCUT2D eigenvalue weighted by molar-refractivity contribution is -0.895. The van der Waals surface area contributed by atoms with Crippen LogP contribution in [-0.2, 0) is 16.0 Å². The van der Waals surface area contributed by atoms with Gasteiger partial charge in [-0.1, -0.05) is 12.1 Å². The van der Waals surface area contributed by atoms with Crippen LogP contribution in [-0.4, -0.2) is 61.1 Å². The zero-order valence-electron chi connectivity index (χ0n) is 20.3. The molecule has 2 atom stereocenters. The molecule has 7 nitrogen and oxygen atoms in total. The molecule has 2 heterocycles. The second-order valence-corrected chi connectivity index (χ2v) is 8.93. The van der Waals surface area contributed by atoms with Crippen LogP contribution in [0.3, 0.4) is 0 Å². The molecule has 0 spiro atoms. The van der Waals surface area contributed by atoms with Crippen molar-refractivity contribution in [2.45, 2.75) is 39.3 Å². The summed E-state index contributed by atoms with van der Waals surface area (Å²) in [5, 5.41) is 11.4. The van der Waals surface area contributed by atoms with Crippen LogP contribution < -0.4 is 14.4 Å². The molecule has 7 heteroatoms. The van der Waals surface area contributed by atoms with Gasteiger partial charge in [0.1, 0.15) is 23.4 Å². The van der Waals surface area contributed by atoms with Crippen molar-refractivity contribution in [3.05, 3.63) is 64.7 Å². The van der Waals surface area contributed by atoms with Crippen LogP contribution in [0.25, 0.3) is 5.76 Å². The van der Waals surface area contributed by atoms with E-state index in [1.54, 1.807) is 18.1 Å². The molecular formula is C27H33N2O5+. The van der Waals surface area contributed by atoms with E-state index in [0.717, 1.165) is 36.4 Å². The predicted octanol–water partition coefficient (Wildman–Crippen LogP) is 2.37. The molecule has 0 bridgehead atoms. The number of likely N-dealkylation sites (N-methyl/N-ethyl adjacent to an activating group) is 1. The number of ketones is 1. The fourth-order valence-electron chi connectivity index (χ4n) is 4.88. The highest BCUT2D eigenvalue weighted by atomic mass is 16.5. The highest BCUT2D eigenvalue weighted by molar-refractivity contribution is 6.46. The normalized spacial score (nSPS) is 21.1. The highest BCUT2D eigenvalue weighted by Crippen LogP contribution is 2.41. The van der Waals surface area contributed by atoms with Gasteiger partial charge < -0.3 is 24.4 Å². The van der Waals surface area contributed by atoms with Gasteiger partial charge in [0.15, 0.2) is 0 Å². The lowest BCUT2D eigenvalue weighted by Gasteiger charge is -2.27. The topological polar surface area (TPSA) is 80.5 Å². The number of benzene rings is 2. The number of Topliss-reactive ketones (excluding diaryl/α,β-unsaturated/α-hetero) is 1. The second-order valence-electron chi connectivity index (χ2n) is 8.93. The Hall–Kier alpha value is -3.32. The smallest absolute Gasteiger partial charge is 0.295 e. The number of amides is 1. The van der Waals surface area contributed by atoms with Gasteiger partial charge in [0.25, 0.3) is 11.7 Å². The van der Waals surface area contributed by atoms with E-state index in [-0.39, 0.29) is 17.4 Å². The summed E-state index contributed by atoms with van der Waals surface area (Å²) in [5.41, 5.74) is 2.33. The zero-order valence-corrected chi connectivity index (χ0v) is 20.3. The number of hydrogen-bond acceptors (Lipinski definition) is 5. The Morgan fingerprint density at radius 2 is 1.94 bits per heavy atom. The Morgan fingerprint density at radius 1 is 1.18 bits per heavy atom. The van der Waals surface area contributed by atoms with Crippen molar-refractivity contribution in [1.82, 2.24) is 4.90 Å². The van der Waals surface area contributed by atoms with Gasteiger partial charge in [0.2, 0.25) is 0 Å². The monoisotopic (exact) mass is 465 g/mol. The molecule has 2 aromatic carbocycles. The Morgan fingerprint density at radius 3 is 2.65 bits per heavy atom. The van der Waals surface area contributed by atoms with Gasteiger partial charge in [0.05, 0.1) is 44.9 Å². The van der Waals surface area contributed by atoms with Gasteiger partial charge in [-0.2, -0.15) is 0 Å². The van der Waals surface area contributed by atoms with Crippen LogP contribution in [0.2, 0.25) is 0 Å². The molecule has 0 aromatic heterocycles. The third-order valence-electron chi connectivity index (χ3n) is 6.83. The summed E-state index contributed by atoms with van der Waals surface area (Å²) < 4.78 is 11.2. The Kier molecular flexibility index (Phi) is 6.93.